The summed E-state index contributed by atoms with van der Waals surface area (Å²) in [7, 11) is 0. The van der Waals surface area contributed by atoms with Crippen LogP contribution in [0.4, 0.5) is 0 Å². The van der Waals surface area contributed by atoms with Crippen LogP contribution in [0.3, 0.4) is 0 Å². The van der Waals surface area contributed by atoms with E-state index >= 15 is 0 Å². The lowest BCUT2D eigenvalue weighted by molar-refractivity contribution is -0.123. The Morgan fingerprint density at radius 2 is 1.95 bits per heavy atom. The zero-order valence-electron chi connectivity index (χ0n) is 11.8. The Morgan fingerprint density at radius 3 is 2.76 bits per heavy atom. The molecule has 0 atom stereocenters. The summed E-state index contributed by atoms with van der Waals surface area (Å²) in [5.74, 6) is 0.664. The number of halogens is 1. The molecule has 4 heteroatoms. The molecule has 1 aliphatic rings. The van der Waals surface area contributed by atoms with E-state index in [2.05, 4.69) is 27.3 Å². The number of carbonyl (C=O) groups excluding carboxylic acids is 1. The number of nitrogens with one attached hydrogen (secondary N) is 1. The van der Waals surface area contributed by atoms with Crippen molar-refractivity contribution < 1.29 is 9.53 Å². The van der Waals surface area contributed by atoms with E-state index in [-0.39, 0.29) is 12.5 Å². The molecule has 0 radical (unpaired) electrons. The van der Waals surface area contributed by atoms with Gasteiger partial charge in [-0.05, 0) is 45.6 Å². The molecule has 1 saturated carbocycles. The van der Waals surface area contributed by atoms with E-state index in [9.17, 15) is 4.79 Å². The van der Waals surface area contributed by atoms with Crippen molar-refractivity contribution in [1.29, 1.82) is 0 Å². The van der Waals surface area contributed by atoms with Gasteiger partial charge in [-0.25, -0.2) is 0 Å². The van der Waals surface area contributed by atoms with Gasteiger partial charge in [-0.2, -0.15) is 0 Å². The molecule has 3 rings (SSSR count). The molecule has 0 saturated heterocycles. The van der Waals surface area contributed by atoms with Crippen LogP contribution in [0.25, 0.3) is 10.8 Å². The summed E-state index contributed by atoms with van der Waals surface area (Å²) in [4.78, 5) is 11.9. The molecule has 0 bridgehead atoms. The molecule has 1 fully saturated rings. The quantitative estimate of drug-likeness (QED) is 0.906. The third-order valence-corrected chi connectivity index (χ3v) is 4.72. The zero-order chi connectivity index (χ0) is 14.7. The van der Waals surface area contributed by atoms with Crippen LogP contribution in [0.5, 0.6) is 5.75 Å². The fourth-order valence-electron chi connectivity index (χ4n) is 2.81. The highest BCUT2D eigenvalue weighted by molar-refractivity contribution is 9.10. The summed E-state index contributed by atoms with van der Waals surface area (Å²) in [6, 6.07) is 12.3. The molecule has 0 aromatic heterocycles. The van der Waals surface area contributed by atoms with Gasteiger partial charge in [0.1, 0.15) is 5.75 Å². The van der Waals surface area contributed by atoms with Crippen molar-refractivity contribution in [3.05, 3.63) is 40.9 Å². The lowest BCUT2D eigenvalue weighted by Crippen LogP contribution is -2.36. The number of ether oxygens (including phenoxy) is 1. The molecular formula is C17H18BrNO2. The van der Waals surface area contributed by atoms with Gasteiger partial charge in [0.05, 0.1) is 4.47 Å². The number of hydrogen-bond donors (Lipinski definition) is 1. The molecule has 0 unspecified atom stereocenters. The van der Waals surface area contributed by atoms with E-state index in [0.717, 1.165) is 28.1 Å². The van der Waals surface area contributed by atoms with Crippen LogP contribution in [-0.4, -0.2) is 18.6 Å². The summed E-state index contributed by atoms with van der Waals surface area (Å²) < 4.78 is 6.56. The van der Waals surface area contributed by atoms with Crippen LogP contribution in [0.15, 0.2) is 40.9 Å². The third kappa shape index (κ3) is 3.38. The maximum Gasteiger partial charge on any atom is 0.258 e. The lowest BCUT2D eigenvalue weighted by Gasteiger charge is -2.13. The normalized spacial score (nSPS) is 15.3. The molecule has 3 nitrogen and oxygen atoms in total. The van der Waals surface area contributed by atoms with Crippen molar-refractivity contribution >= 4 is 32.6 Å². The van der Waals surface area contributed by atoms with Crippen molar-refractivity contribution in [1.82, 2.24) is 5.32 Å². The minimum Gasteiger partial charge on any atom is -0.483 e. The summed E-state index contributed by atoms with van der Waals surface area (Å²) in [5.41, 5.74) is 0. The van der Waals surface area contributed by atoms with Crippen LogP contribution in [0, 0.1) is 0 Å². The molecule has 110 valence electrons. The van der Waals surface area contributed by atoms with E-state index in [4.69, 9.17) is 4.74 Å². The third-order valence-electron chi connectivity index (χ3n) is 3.91. The molecule has 2 aromatic carbocycles. The van der Waals surface area contributed by atoms with Crippen molar-refractivity contribution in [2.24, 2.45) is 0 Å². The number of carbonyl (C=O) groups is 1. The summed E-state index contributed by atoms with van der Waals surface area (Å²) in [6.07, 6.45) is 4.60. The van der Waals surface area contributed by atoms with Gasteiger partial charge in [0.25, 0.3) is 5.91 Å². The highest BCUT2D eigenvalue weighted by Gasteiger charge is 2.17. The molecule has 2 aromatic rings. The Balaban J connectivity index is 1.64. The van der Waals surface area contributed by atoms with Gasteiger partial charge in [-0.1, -0.05) is 43.2 Å². The minimum absolute atomic E-state index is 0.0399. The monoisotopic (exact) mass is 347 g/mol. The van der Waals surface area contributed by atoms with Gasteiger partial charge in [-0.15, -0.1) is 0 Å². The first-order valence-corrected chi connectivity index (χ1v) is 8.13. The van der Waals surface area contributed by atoms with Gasteiger partial charge >= 0.3 is 0 Å². The molecule has 21 heavy (non-hydrogen) atoms. The Kier molecular flexibility index (Phi) is 4.44. The second kappa shape index (κ2) is 6.48. The van der Waals surface area contributed by atoms with Crippen molar-refractivity contribution in [3.63, 3.8) is 0 Å². The Bertz CT molecular complexity index is 650. The number of benzene rings is 2. The average Bonchev–Trinajstić information content (AvgIpc) is 3.00. The number of fused-ring (bicyclic) bond motifs is 1. The first-order chi connectivity index (χ1) is 10.2. The highest BCUT2D eigenvalue weighted by Crippen LogP contribution is 2.32. The standard InChI is InChI=1S/C17H18BrNO2/c18-17-14-8-4-1-5-12(14)9-10-15(17)21-11-16(20)19-13-6-2-3-7-13/h1,4-5,8-10,13H,2-3,6-7,11H2,(H,19,20). The van der Waals surface area contributed by atoms with E-state index in [1.807, 2.05) is 30.3 Å². The van der Waals surface area contributed by atoms with Crippen LogP contribution in [0.2, 0.25) is 0 Å². The fourth-order valence-corrected chi connectivity index (χ4v) is 3.42. The van der Waals surface area contributed by atoms with Crippen molar-refractivity contribution in [3.8, 4) is 5.75 Å². The molecule has 0 spiro atoms. The topological polar surface area (TPSA) is 38.3 Å². The SMILES string of the molecule is O=C(COc1ccc2ccccc2c1Br)NC1CCCC1. The predicted octanol–water partition coefficient (Wildman–Crippen LogP) is 4.04. The Hall–Kier alpha value is -1.55. The fraction of sp³-hybridized carbons (Fsp3) is 0.353. The number of hydrogen-bond acceptors (Lipinski definition) is 2. The highest BCUT2D eigenvalue weighted by atomic mass is 79.9. The van der Waals surface area contributed by atoms with Gasteiger partial charge in [0.2, 0.25) is 0 Å². The van der Waals surface area contributed by atoms with Crippen LogP contribution >= 0.6 is 15.9 Å². The average molecular weight is 348 g/mol. The van der Waals surface area contributed by atoms with E-state index in [1.54, 1.807) is 0 Å². The predicted molar refractivity (Wildman–Crippen MR) is 87.5 cm³/mol. The van der Waals surface area contributed by atoms with E-state index in [1.165, 1.54) is 12.8 Å². The summed E-state index contributed by atoms with van der Waals surface area (Å²) in [5, 5.41) is 5.26. The van der Waals surface area contributed by atoms with Crippen LogP contribution in [-0.2, 0) is 4.79 Å². The van der Waals surface area contributed by atoms with Crippen LogP contribution in [0.1, 0.15) is 25.7 Å². The second-order valence-electron chi connectivity index (χ2n) is 5.44. The summed E-state index contributed by atoms with van der Waals surface area (Å²) >= 11 is 3.56. The van der Waals surface area contributed by atoms with Gasteiger partial charge < -0.3 is 10.1 Å². The van der Waals surface area contributed by atoms with Crippen LogP contribution < -0.4 is 10.1 Å². The Labute approximate surface area is 132 Å². The Morgan fingerprint density at radius 1 is 1.19 bits per heavy atom. The molecule has 0 aliphatic heterocycles. The molecule has 0 heterocycles. The van der Waals surface area contributed by atoms with E-state index in [0.29, 0.717) is 11.8 Å². The summed E-state index contributed by atoms with van der Waals surface area (Å²) in [6.45, 7) is 0.0629. The van der Waals surface area contributed by atoms with Crippen molar-refractivity contribution in [2.45, 2.75) is 31.7 Å². The van der Waals surface area contributed by atoms with Gasteiger partial charge in [0, 0.05) is 6.04 Å². The van der Waals surface area contributed by atoms with E-state index < -0.39 is 0 Å². The van der Waals surface area contributed by atoms with Crippen molar-refractivity contribution in [2.75, 3.05) is 6.61 Å². The molecular weight excluding hydrogens is 330 g/mol. The number of amides is 1. The number of rotatable bonds is 4. The minimum atomic E-state index is -0.0399. The second-order valence-corrected chi connectivity index (χ2v) is 6.23. The van der Waals surface area contributed by atoms with Gasteiger partial charge in [-0.3, -0.25) is 4.79 Å². The molecule has 1 aliphatic carbocycles. The maximum atomic E-state index is 11.9. The lowest BCUT2D eigenvalue weighted by atomic mass is 10.1. The largest absolute Gasteiger partial charge is 0.483 e. The van der Waals surface area contributed by atoms with Gasteiger partial charge in [0.15, 0.2) is 6.61 Å². The molecule has 1 amide bonds. The maximum absolute atomic E-state index is 11.9. The first kappa shape index (κ1) is 14.4. The first-order valence-electron chi connectivity index (χ1n) is 7.33. The zero-order valence-corrected chi connectivity index (χ0v) is 13.4. The molecule has 1 N–H and O–H groups in total. The smallest absolute Gasteiger partial charge is 0.258 e.